The number of carbonyl (C=O) groups excluding carboxylic acids is 2. The van der Waals surface area contributed by atoms with Crippen LogP contribution in [0.5, 0.6) is 0 Å². The molecule has 0 aromatic carbocycles. The van der Waals surface area contributed by atoms with Gasteiger partial charge < -0.3 is 9.47 Å². The van der Waals surface area contributed by atoms with Crippen LogP contribution in [-0.2, 0) is 19.1 Å². The molecule has 4 nitrogen and oxygen atoms in total. The molecule has 0 aromatic heterocycles. The van der Waals surface area contributed by atoms with Crippen molar-refractivity contribution < 1.29 is 19.1 Å². The van der Waals surface area contributed by atoms with E-state index in [0.29, 0.717) is 17.8 Å². The standard InChI is InChI=1S/C20H30O4/c1-11(2)15-7-6-12(3)10-17(15)23-19(22)20-9-8-16(24-20)13(4)18(21)14(20)5/h8-9,11-17H,6-7,10H2,1-5H3/t12-,13-,14-,15+,16+,17-,20+/m0/s1. The van der Waals surface area contributed by atoms with E-state index in [1.165, 1.54) is 6.42 Å². The van der Waals surface area contributed by atoms with E-state index in [1.54, 1.807) is 13.0 Å². The maximum Gasteiger partial charge on any atom is 0.343 e. The first-order valence-corrected chi connectivity index (χ1v) is 9.38. The van der Waals surface area contributed by atoms with Crippen molar-refractivity contribution in [2.45, 2.75) is 71.7 Å². The van der Waals surface area contributed by atoms with Gasteiger partial charge in [-0.05, 0) is 36.7 Å². The molecule has 0 N–H and O–H groups in total. The summed E-state index contributed by atoms with van der Waals surface area (Å²) in [5.41, 5.74) is -1.21. The molecule has 0 aromatic rings. The molecule has 134 valence electrons. The number of hydrogen-bond donors (Lipinski definition) is 0. The average Bonchev–Trinajstić information content (AvgIpc) is 2.95. The summed E-state index contributed by atoms with van der Waals surface area (Å²) in [4.78, 5) is 25.5. The van der Waals surface area contributed by atoms with Gasteiger partial charge in [-0.15, -0.1) is 0 Å². The van der Waals surface area contributed by atoms with Gasteiger partial charge in [0.15, 0.2) is 5.60 Å². The zero-order chi connectivity index (χ0) is 17.6. The molecule has 3 aliphatic rings. The highest BCUT2D eigenvalue weighted by Crippen LogP contribution is 2.43. The highest BCUT2D eigenvalue weighted by atomic mass is 16.6. The first-order chi connectivity index (χ1) is 11.3. The van der Waals surface area contributed by atoms with Crippen molar-refractivity contribution in [1.82, 2.24) is 0 Å². The molecule has 2 bridgehead atoms. The van der Waals surface area contributed by atoms with Gasteiger partial charge in [0.25, 0.3) is 0 Å². The van der Waals surface area contributed by atoms with Crippen molar-refractivity contribution in [3.63, 3.8) is 0 Å². The number of hydrogen-bond acceptors (Lipinski definition) is 4. The van der Waals surface area contributed by atoms with Gasteiger partial charge in [-0.2, -0.15) is 0 Å². The van der Waals surface area contributed by atoms with E-state index in [1.807, 2.05) is 13.0 Å². The summed E-state index contributed by atoms with van der Waals surface area (Å²) in [6, 6.07) is 0. The topological polar surface area (TPSA) is 52.6 Å². The number of carbonyl (C=O) groups is 2. The zero-order valence-corrected chi connectivity index (χ0v) is 15.5. The van der Waals surface area contributed by atoms with Crippen LogP contribution in [-0.4, -0.2) is 29.6 Å². The van der Waals surface area contributed by atoms with Gasteiger partial charge in [0.2, 0.25) is 0 Å². The minimum atomic E-state index is -1.21. The Morgan fingerprint density at radius 1 is 1.29 bits per heavy atom. The maximum absolute atomic E-state index is 13.0. The van der Waals surface area contributed by atoms with Gasteiger partial charge in [-0.1, -0.05) is 47.1 Å². The van der Waals surface area contributed by atoms with Crippen molar-refractivity contribution >= 4 is 11.8 Å². The van der Waals surface area contributed by atoms with Gasteiger partial charge in [0, 0.05) is 5.92 Å². The van der Waals surface area contributed by atoms with Gasteiger partial charge >= 0.3 is 5.97 Å². The van der Waals surface area contributed by atoms with E-state index >= 15 is 0 Å². The summed E-state index contributed by atoms with van der Waals surface area (Å²) in [5.74, 6) is 0.450. The fourth-order valence-electron chi connectivity index (χ4n) is 4.60. The van der Waals surface area contributed by atoms with E-state index in [0.717, 1.165) is 12.8 Å². The van der Waals surface area contributed by atoms with Crippen LogP contribution in [0.1, 0.15) is 53.9 Å². The Labute approximate surface area is 145 Å². The summed E-state index contributed by atoms with van der Waals surface area (Å²) < 4.78 is 12.0. The zero-order valence-electron chi connectivity index (χ0n) is 15.5. The molecule has 2 heterocycles. The Balaban J connectivity index is 1.79. The predicted octanol–water partition coefficient (Wildman–Crippen LogP) is 3.54. The molecular weight excluding hydrogens is 304 g/mol. The van der Waals surface area contributed by atoms with Gasteiger partial charge in [-0.25, -0.2) is 4.79 Å². The second-order valence-electron chi connectivity index (χ2n) is 8.42. The molecular formula is C20H30O4. The highest BCUT2D eigenvalue weighted by molar-refractivity contribution is 5.96. The van der Waals surface area contributed by atoms with Crippen LogP contribution < -0.4 is 0 Å². The van der Waals surface area contributed by atoms with Crippen molar-refractivity contribution in [3.8, 4) is 0 Å². The molecule has 1 saturated carbocycles. The predicted molar refractivity (Wildman–Crippen MR) is 91.3 cm³/mol. The Bertz CT molecular complexity index is 552. The summed E-state index contributed by atoms with van der Waals surface area (Å²) in [6.07, 6.45) is 6.43. The minimum Gasteiger partial charge on any atom is -0.460 e. The Kier molecular flexibility index (Phi) is 4.63. The quantitative estimate of drug-likeness (QED) is 0.585. The molecule has 0 radical (unpaired) electrons. The number of Topliss-reactive ketones (excluding diaryl/α,β-unsaturated/α-hetero) is 1. The van der Waals surface area contributed by atoms with Gasteiger partial charge in [0.1, 0.15) is 11.9 Å². The molecule has 0 unspecified atom stereocenters. The van der Waals surface area contributed by atoms with E-state index in [9.17, 15) is 9.59 Å². The lowest BCUT2D eigenvalue weighted by atomic mass is 9.75. The summed E-state index contributed by atoms with van der Waals surface area (Å²) in [7, 11) is 0. The Morgan fingerprint density at radius 2 is 2.00 bits per heavy atom. The third kappa shape index (κ3) is 2.73. The van der Waals surface area contributed by atoms with Crippen LogP contribution in [0.25, 0.3) is 0 Å². The van der Waals surface area contributed by atoms with Crippen LogP contribution in [0.2, 0.25) is 0 Å². The lowest BCUT2D eigenvalue weighted by Gasteiger charge is -2.42. The van der Waals surface area contributed by atoms with E-state index in [2.05, 4.69) is 20.8 Å². The molecule has 1 saturated heterocycles. The van der Waals surface area contributed by atoms with Crippen LogP contribution in [0.4, 0.5) is 0 Å². The van der Waals surface area contributed by atoms with E-state index < -0.39 is 11.5 Å². The SMILES string of the molecule is CC(C)[C@H]1CC[C@H](C)C[C@@H]1OC(=O)[C@]12C=C[C@@H](O1)[C@H](C)C(=O)[C@@H]2C. The van der Waals surface area contributed by atoms with Gasteiger partial charge in [-0.3, -0.25) is 4.79 Å². The second-order valence-corrected chi connectivity index (χ2v) is 8.42. The number of esters is 1. The smallest absolute Gasteiger partial charge is 0.343 e. The lowest BCUT2D eigenvalue weighted by Crippen LogP contribution is -2.56. The molecule has 2 fully saturated rings. The van der Waals surface area contributed by atoms with E-state index in [4.69, 9.17) is 9.47 Å². The summed E-state index contributed by atoms with van der Waals surface area (Å²) in [6.45, 7) is 10.2. The summed E-state index contributed by atoms with van der Waals surface area (Å²) in [5, 5.41) is 0. The Hall–Kier alpha value is -1.16. The molecule has 7 atom stereocenters. The molecule has 4 heteroatoms. The number of rotatable bonds is 3. The Morgan fingerprint density at radius 3 is 2.67 bits per heavy atom. The number of fused-ring (bicyclic) bond motifs is 2. The van der Waals surface area contributed by atoms with Crippen molar-refractivity contribution in [2.75, 3.05) is 0 Å². The van der Waals surface area contributed by atoms with Crippen molar-refractivity contribution in [2.24, 2.45) is 29.6 Å². The molecule has 1 aliphatic carbocycles. The molecule has 3 rings (SSSR count). The van der Waals surface area contributed by atoms with Gasteiger partial charge in [0.05, 0.1) is 12.0 Å². The fourth-order valence-corrected chi connectivity index (χ4v) is 4.60. The number of ketones is 1. The van der Waals surface area contributed by atoms with Crippen molar-refractivity contribution in [1.29, 1.82) is 0 Å². The molecule has 0 spiro atoms. The number of ether oxygens (including phenoxy) is 2. The van der Waals surface area contributed by atoms with Crippen LogP contribution in [0.3, 0.4) is 0 Å². The first kappa shape index (κ1) is 17.7. The minimum absolute atomic E-state index is 0.0756. The fraction of sp³-hybridized carbons (Fsp3) is 0.800. The normalized spacial score (nSPS) is 44.8. The second kappa shape index (κ2) is 6.29. The maximum atomic E-state index is 13.0. The molecule has 24 heavy (non-hydrogen) atoms. The van der Waals surface area contributed by atoms with E-state index in [-0.39, 0.29) is 29.9 Å². The monoisotopic (exact) mass is 334 g/mol. The largest absolute Gasteiger partial charge is 0.460 e. The lowest BCUT2D eigenvalue weighted by molar-refractivity contribution is -0.196. The van der Waals surface area contributed by atoms with Crippen LogP contribution in [0.15, 0.2) is 12.2 Å². The first-order valence-electron chi connectivity index (χ1n) is 9.38. The molecule has 0 amide bonds. The highest BCUT2D eigenvalue weighted by Gasteiger charge is 2.58. The van der Waals surface area contributed by atoms with Crippen LogP contribution in [0, 0.1) is 29.6 Å². The average molecular weight is 334 g/mol. The van der Waals surface area contributed by atoms with Crippen LogP contribution >= 0.6 is 0 Å². The summed E-state index contributed by atoms with van der Waals surface area (Å²) >= 11 is 0. The van der Waals surface area contributed by atoms with Crippen molar-refractivity contribution in [3.05, 3.63) is 12.2 Å². The molecule has 2 aliphatic heterocycles. The third-order valence-electron chi connectivity index (χ3n) is 6.42. The third-order valence-corrected chi connectivity index (χ3v) is 6.42.